The lowest BCUT2D eigenvalue weighted by atomic mass is 10.1. The van der Waals surface area contributed by atoms with E-state index in [2.05, 4.69) is 17.2 Å². The summed E-state index contributed by atoms with van der Waals surface area (Å²) in [4.78, 5) is 4.70. The lowest BCUT2D eigenvalue weighted by Gasteiger charge is -2.01. The Labute approximate surface area is 157 Å². The quantitative estimate of drug-likeness (QED) is 0.388. The van der Waals surface area contributed by atoms with Crippen LogP contribution in [0.1, 0.15) is 18.1 Å². The highest BCUT2D eigenvalue weighted by molar-refractivity contribution is 5.74. The van der Waals surface area contributed by atoms with Gasteiger partial charge in [0.25, 0.3) is 0 Å². The van der Waals surface area contributed by atoms with E-state index in [1.165, 1.54) is 17.7 Å². The predicted molar refractivity (Wildman–Crippen MR) is 105 cm³/mol. The van der Waals surface area contributed by atoms with Crippen molar-refractivity contribution in [3.05, 3.63) is 83.8 Å². The molecule has 0 atom stereocenters. The van der Waals surface area contributed by atoms with E-state index in [0.717, 1.165) is 28.9 Å². The van der Waals surface area contributed by atoms with Gasteiger partial charge in [-0.3, -0.25) is 4.40 Å². The highest BCUT2D eigenvalue weighted by Crippen LogP contribution is 2.32. The number of hydrogen-bond acceptors (Lipinski definition) is 3. The normalized spacial score (nSPS) is 11.5. The molecule has 0 aliphatic carbocycles. The summed E-state index contributed by atoms with van der Waals surface area (Å²) in [6.07, 6.45) is 2.91. The van der Waals surface area contributed by atoms with Crippen LogP contribution in [0, 0.1) is 12.7 Å². The zero-order valence-corrected chi connectivity index (χ0v) is 15.2. The van der Waals surface area contributed by atoms with E-state index in [0.29, 0.717) is 11.5 Å². The molecule has 27 heavy (non-hydrogen) atoms. The first-order valence-corrected chi connectivity index (χ1v) is 8.89. The van der Waals surface area contributed by atoms with E-state index in [1.807, 2.05) is 53.9 Å². The molecule has 0 spiro atoms. The molecule has 0 aliphatic rings. The van der Waals surface area contributed by atoms with Gasteiger partial charge in [-0.2, -0.15) is 0 Å². The van der Waals surface area contributed by atoms with Crippen LogP contribution in [-0.2, 0) is 6.42 Å². The summed E-state index contributed by atoms with van der Waals surface area (Å²) >= 11 is 0. The van der Waals surface area contributed by atoms with E-state index in [4.69, 9.17) is 4.98 Å². The summed E-state index contributed by atoms with van der Waals surface area (Å²) in [5.74, 6) is 0.341. The summed E-state index contributed by atoms with van der Waals surface area (Å²) < 4.78 is 15.2. The number of aromatic nitrogens is 2. The molecule has 0 saturated carbocycles. The number of nitrogens with zero attached hydrogens (tertiary/aromatic N) is 4. The second-order valence-electron chi connectivity index (χ2n) is 6.44. The number of imidazole rings is 1. The van der Waals surface area contributed by atoms with Crippen molar-refractivity contribution in [3.8, 4) is 11.3 Å². The number of pyridine rings is 1. The minimum absolute atomic E-state index is 0.280. The lowest BCUT2D eigenvalue weighted by molar-refractivity contribution is 0.628. The van der Waals surface area contributed by atoms with Crippen LogP contribution in [0.4, 0.5) is 15.9 Å². The van der Waals surface area contributed by atoms with Gasteiger partial charge in [0.2, 0.25) is 0 Å². The van der Waals surface area contributed by atoms with Crippen molar-refractivity contribution in [1.29, 1.82) is 0 Å². The third-order valence-electron chi connectivity index (χ3n) is 4.48. The Bertz CT molecular complexity index is 1110. The molecule has 0 saturated heterocycles. The van der Waals surface area contributed by atoms with Gasteiger partial charge in [0.15, 0.2) is 5.82 Å². The van der Waals surface area contributed by atoms with Crippen LogP contribution in [0.3, 0.4) is 0 Å². The minimum atomic E-state index is -0.280. The van der Waals surface area contributed by atoms with Crippen LogP contribution in [0.25, 0.3) is 16.9 Å². The fourth-order valence-electron chi connectivity index (χ4n) is 2.93. The standard InChI is InChI=1S/C22H19FN4/c1-3-16-4-10-19(11-5-16)25-26-22-21(17-6-8-18(23)9-7-17)24-20-14-15(2)12-13-27(20)22/h4-14H,3H2,1-2H3. The van der Waals surface area contributed by atoms with Crippen LogP contribution in [-0.4, -0.2) is 9.38 Å². The smallest absolute Gasteiger partial charge is 0.187 e. The van der Waals surface area contributed by atoms with Gasteiger partial charge in [-0.25, -0.2) is 9.37 Å². The summed E-state index contributed by atoms with van der Waals surface area (Å²) in [6, 6.07) is 18.3. The maximum absolute atomic E-state index is 13.3. The number of halogens is 1. The Morgan fingerprint density at radius 2 is 1.70 bits per heavy atom. The largest absolute Gasteiger partial charge is 0.283 e. The van der Waals surface area contributed by atoms with Crippen molar-refractivity contribution in [2.24, 2.45) is 10.2 Å². The Morgan fingerprint density at radius 3 is 2.41 bits per heavy atom. The zero-order chi connectivity index (χ0) is 18.8. The average Bonchev–Trinajstić information content (AvgIpc) is 3.04. The Morgan fingerprint density at radius 1 is 0.963 bits per heavy atom. The molecule has 2 aromatic heterocycles. The number of azo groups is 1. The molecule has 4 nitrogen and oxygen atoms in total. The van der Waals surface area contributed by atoms with Crippen LogP contribution in [0.15, 0.2) is 77.1 Å². The third kappa shape index (κ3) is 3.49. The summed E-state index contributed by atoms with van der Waals surface area (Å²) in [5.41, 5.74) is 5.40. The van der Waals surface area contributed by atoms with Crippen LogP contribution < -0.4 is 0 Å². The van der Waals surface area contributed by atoms with Crippen molar-refractivity contribution in [2.75, 3.05) is 0 Å². The first-order chi connectivity index (χ1) is 13.1. The predicted octanol–water partition coefficient (Wildman–Crippen LogP) is 6.43. The van der Waals surface area contributed by atoms with Gasteiger partial charge in [0.1, 0.15) is 17.2 Å². The molecule has 0 amide bonds. The van der Waals surface area contributed by atoms with Gasteiger partial charge < -0.3 is 0 Å². The fourth-order valence-corrected chi connectivity index (χ4v) is 2.93. The van der Waals surface area contributed by atoms with Gasteiger partial charge in [0, 0.05) is 11.8 Å². The maximum Gasteiger partial charge on any atom is 0.187 e. The SMILES string of the molecule is CCc1ccc(N=Nc2c(-c3ccc(F)cc3)nc3cc(C)ccn23)cc1. The van der Waals surface area contributed by atoms with Gasteiger partial charge in [-0.15, -0.1) is 10.2 Å². The monoisotopic (exact) mass is 358 g/mol. The molecule has 4 rings (SSSR count). The molecular weight excluding hydrogens is 339 g/mol. The number of aryl methyl sites for hydroxylation is 2. The molecular formula is C22H19FN4. The summed E-state index contributed by atoms with van der Waals surface area (Å²) in [5, 5.41) is 8.87. The van der Waals surface area contributed by atoms with Gasteiger partial charge in [-0.05, 0) is 73.0 Å². The van der Waals surface area contributed by atoms with E-state index >= 15 is 0 Å². The summed E-state index contributed by atoms with van der Waals surface area (Å²) in [7, 11) is 0. The molecule has 134 valence electrons. The van der Waals surface area contributed by atoms with Crippen LogP contribution in [0.5, 0.6) is 0 Å². The van der Waals surface area contributed by atoms with Crippen molar-refractivity contribution >= 4 is 17.2 Å². The Kier molecular flexibility index (Phi) is 4.50. The first kappa shape index (κ1) is 17.1. The van der Waals surface area contributed by atoms with E-state index < -0.39 is 0 Å². The number of rotatable bonds is 4. The van der Waals surface area contributed by atoms with Crippen molar-refractivity contribution in [3.63, 3.8) is 0 Å². The molecule has 0 fully saturated rings. The second-order valence-corrected chi connectivity index (χ2v) is 6.44. The number of fused-ring (bicyclic) bond motifs is 1. The fraction of sp³-hybridized carbons (Fsp3) is 0.136. The highest BCUT2D eigenvalue weighted by Gasteiger charge is 2.14. The minimum Gasteiger partial charge on any atom is -0.283 e. The van der Waals surface area contributed by atoms with Crippen LogP contribution in [0.2, 0.25) is 0 Å². The van der Waals surface area contributed by atoms with Crippen LogP contribution >= 0.6 is 0 Å². The topological polar surface area (TPSA) is 42.0 Å². The average molecular weight is 358 g/mol. The number of hydrogen-bond donors (Lipinski definition) is 0. The molecule has 0 bridgehead atoms. The second kappa shape index (κ2) is 7.11. The molecule has 0 aliphatic heterocycles. The van der Waals surface area contributed by atoms with Crippen molar-refractivity contribution < 1.29 is 4.39 Å². The van der Waals surface area contributed by atoms with Crippen molar-refractivity contribution in [2.45, 2.75) is 20.3 Å². The number of benzene rings is 2. The highest BCUT2D eigenvalue weighted by atomic mass is 19.1. The van der Waals surface area contributed by atoms with Crippen molar-refractivity contribution in [1.82, 2.24) is 9.38 Å². The molecule has 0 unspecified atom stereocenters. The van der Waals surface area contributed by atoms with E-state index in [9.17, 15) is 4.39 Å². The molecule has 4 aromatic rings. The first-order valence-electron chi connectivity index (χ1n) is 8.89. The van der Waals surface area contributed by atoms with E-state index in [1.54, 1.807) is 12.1 Å². The Hall–Kier alpha value is -3.34. The molecule has 5 heteroatoms. The molecule has 2 heterocycles. The lowest BCUT2D eigenvalue weighted by Crippen LogP contribution is -1.84. The molecule has 0 radical (unpaired) electrons. The summed E-state index contributed by atoms with van der Waals surface area (Å²) in [6.45, 7) is 4.13. The zero-order valence-electron chi connectivity index (χ0n) is 15.2. The van der Waals surface area contributed by atoms with Gasteiger partial charge in [-0.1, -0.05) is 19.1 Å². The maximum atomic E-state index is 13.3. The molecule has 2 aromatic carbocycles. The van der Waals surface area contributed by atoms with E-state index in [-0.39, 0.29) is 5.82 Å². The molecule has 0 N–H and O–H groups in total. The van der Waals surface area contributed by atoms with Gasteiger partial charge in [0.05, 0.1) is 5.69 Å². The third-order valence-corrected chi connectivity index (χ3v) is 4.48. The van der Waals surface area contributed by atoms with Gasteiger partial charge >= 0.3 is 0 Å². The Balaban J connectivity index is 1.82.